The SMILES string of the molecule is CC(C)Oc1ccc(C(=O)c2ccc(-c3ccccc3)cc2)c(O)c1.COc1ccc(C(=O)c2ccc(C)cc2O)cc1.Cc1ccc(C(=O)c2ccc(Cl)cc2)c(O)c1. The van der Waals surface area contributed by atoms with Gasteiger partial charge in [-0.15, -0.1) is 0 Å². The second-order valence-electron chi connectivity index (χ2n) is 14.1. The maximum Gasteiger partial charge on any atom is 0.196 e. The summed E-state index contributed by atoms with van der Waals surface area (Å²) < 4.78 is 10.6. The number of halogens is 1. The molecule has 0 fully saturated rings. The molecule has 0 aliphatic heterocycles. The number of aryl methyl sites for hydroxylation is 2. The first-order chi connectivity index (χ1) is 28.7. The normalized spacial score (nSPS) is 10.4. The van der Waals surface area contributed by atoms with Gasteiger partial charge in [-0.1, -0.05) is 78.3 Å². The Morgan fingerprint density at radius 1 is 0.483 bits per heavy atom. The van der Waals surface area contributed by atoms with Crippen LogP contribution in [0.3, 0.4) is 0 Å². The highest BCUT2D eigenvalue weighted by Crippen LogP contribution is 2.28. The van der Waals surface area contributed by atoms with Crippen molar-refractivity contribution in [3.8, 4) is 39.9 Å². The molecular weight excluding hydrogens is 776 g/mol. The Bertz CT molecular complexity index is 2560. The number of carbonyl (C=O) groups is 3. The minimum Gasteiger partial charge on any atom is -0.507 e. The highest BCUT2D eigenvalue weighted by atomic mass is 35.5. The largest absolute Gasteiger partial charge is 0.507 e. The van der Waals surface area contributed by atoms with Crippen LogP contribution in [0.25, 0.3) is 11.1 Å². The number of methoxy groups -OCH3 is 1. The van der Waals surface area contributed by atoms with Crippen LogP contribution < -0.4 is 9.47 Å². The average molecular weight is 821 g/mol. The van der Waals surface area contributed by atoms with Gasteiger partial charge in [0.2, 0.25) is 0 Å². The highest BCUT2D eigenvalue weighted by molar-refractivity contribution is 6.30. The van der Waals surface area contributed by atoms with Crippen LogP contribution in [-0.2, 0) is 0 Å². The van der Waals surface area contributed by atoms with E-state index in [2.05, 4.69) is 0 Å². The molecule has 3 N–H and O–H groups in total. The van der Waals surface area contributed by atoms with Gasteiger partial charge in [0.05, 0.1) is 29.9 Å². The molecule has 9 heteroatoms. The molecule has 0 bridgehead atoms. The standard InChI is InChI=1S/C22H20O3.C15H14O3.C14H11ClO2/c1-15(2)25-19-12-13-20(21(23)14-19)22(24)18-10-8-17(9-11-18)16-6-4-3-5-7-16;1-10-3-8-13(14(16)9-10)15(17)11-4-6-12(18-2)7-5-11;1-9-2-7-12(13(16)8-9)14(17)10-3-5-11(15)6-4-10/h3-15,23H,1-2H3;3-9,16H,1-2H3;2-8,16H,1H3. The van der Waals surface area contributed by atoms with Crippen molar-refractivity contribution in [2.45, 2.75) is 33.8 Å². The quantitative estimate of drug-likeness (QED) is 0.116. The molecule has 8 nitrogen and oxygen atoms in total. The Morgan fingerprint density at radius 3 is 1.28 bits per heavy atom. The third-order valence-electron chi connectivity index (χ3n) is 9.09. The summed E-state index contributed by atoms with van der Waals surface area (Å²) in [6, 6.07) is 45.5. The Hall–Kier alpha value is -7.16. The van der Waals surface area contributed by atoms with E-state index in [4.69, 9.17) is 21.1 Å². The maximum atomic E-state index is 12.6. The zero-order valence-electron chi connectivity index (χ0n) is 33.8. The predicted molar refractivity (Wildman–Crippen MR) is 236 cm³/mol. The van der Waals surface area contributed by atoms with Gasteiger partial charge >= 0.3 is 0 Å². The third kappa shape index (κ3) is 11.7. The van der Waals surface area contributed by atoms with Crippen LogP contribution >= 0.6 is 11.6 Å². The Morgan fingerprint density at radius 2 is 0.867 bits per heavy atom. The van der Waals surface area contributed by atoms with Crippen molar-refractivity contribution in [3.63, 3.8) is 0 Å². The lowest BCUT2D eigenvalue weighted by Crippen LogP contribution is -2.06. The molecule has 0 heterocycles. The summed E-state index contributed by atoms with van der Waals surface area (Å²) in [6.07, 6.45) is 0.00600. The molecule has 0 amide bonds. The highest BCUT2D eigenvalue weighted by Gasteiger charge is 2.16. The van der Waals surface area contributed by atoms with E-state index in [1.54, 1.807) is 116 Å². The van der Waals surface area contributed by atoms with E-state index < -0.39 is 0 Å². The van der Waals surface area contributed by atoms with Crippen LogP contribution in [0.4, 0.5) is 0 Å². The Labute approximate surface area is 354 Å². The minimum absolute atomic E-state index is 0.00458. The number of carbonyl (C=O) groups excluding carboxylic acids is 3. The fraction of sp³-hybridized carbons (Fsp3) is 0.118. The van der Waals surface area contributed by atoms with Crippen LogP contribution in [0.15, 0.2) is 158 Å². The number of phenols is 3. The first kappa shape index (κ1) is 44.0. The molecule has 0 aliphatic rings. The molecule has 60 heavy (non-hydrogen) atoms. The van der Waals surface area contributed by atoms with Crippen molar-refractivity contribution in [3.05, 3.63) is 207 Å². The average Bonchev–Trinajstić information content (AvgIpc) is 3.24. The maximum absolute atomic E-state index is 12.6. The molecule has 0 aromatic heterocycles. The van der Waals surface area contributed by atoms with E-state index in [-0.39, 0.29) is 46.3 Å². The number of hydrogen-bond acceptors (Lipinski definition) is 8. The van der Waals surface area contributed by atoms with Gasteiger partial charge in [0.25, 0.3) is 0 Å². The lowest BCUT2D eigenvalue weighted by molar-refractivity contribution is 0.102. The van der Waals surface area contributed by atoms with Crippen LogP contribution in [0, 0.1) is 13.8 Å². The number of ether oxygens (including phenoxy) is 2. The van der Waals surface area contributed by atoms with Crippen molar-refractivity contribution >= 4 is 29.0 Å². The van der Waals surface area contributed by atoms with Crippen molar-refractivity contribution in [2.24, 2.45) is 0 Å². The molecule has 0 saturated heterocycles. The number of rotatable bonds is 10. The number of benzene rings is 7. The van der Waals surface area contributed by atoms with Gasteiger partial charge in [0.15, 0.2) is 17.3 Å². The fourth-order valence-corrected chi connectivity index (χ4v) is 6.10. The second-order valence-corrected chi connectivity index (χ2v) is 14.5. The zero-order chi connectivity index (χ0) is 43.3. The lowest BCUT2D eigenvalue weighted by Gasteiger charge is -2.11. The summed E-state index contributed by atoms with van der Waals surface area (Å²) >= 11 is 5.75. The summed E-state index contributed by atoms with van der Waals surface area (Å²) in [7, 11) is 1.57. The summed E-state index contributed by atoms with van der Waals surface area (Å²) in [6.45, 7) is 7.53. The van der Waals surface area contributed by atoms with Gasteiger partial charge < -0.3 is 24.8 Å². The molecule has 7 rings (SSSR count). The molecule has 0 atom stereocenters. The smallest absolute Gasteiger partial charge is 0.196 e. The van der Waals surface area contributed by atoms with E-state index >= 15 is 0 Å². The monoisotopic (exact) mass is 820 g/mol. The van der Waals surface area contributed by atoms with Crippen LogP contribution in [0.5, 0.6) is 28.7 Å². The number of aromatic hydroxyl groups is 3. The molecule has 304 valence electrons. The predicted octanol–water partition coefficient (Wildman–Crippen LogP) is 11.6. The van der Waals surface area contributed by atoms with Crippen LogP contribution in [-0.4, -0.2) is 45.9 Å². The molecule has 0 aliphatic carbocycles. The molecule has 7 aromatic carbocycles. The van der Waals surface area contributed by atoms with Gasteiger partial charge in [-0.3, -0.25) is 14.4 Å². The van der Waals surface area contributed by atoms with Crippen molar-refractivity contribution < 1.29 is 39.2 Å². The van der Waals surface area contributed by atoms with E-state index in [0.29, 0.717) is 44.3 Å². The van der Waals surface area contributed by atoms with Gasteiger partial charge in [-0.2, -0.15) is 0 Å². The molecule has 0 spiro atoms. The minimum atomic E-state index is -0.215. The Balaban J connectivity index is 0.000000175. The number of ketones is 3. The molecule has 0 saturated carbocycles. The third-order valence-corrected chi connectivity index (χ3v) is 9.35. The number of hydrogen-bond donors (Lipinski definition) is 3. The van der Waals surface area contributed by atoms with Crippen LogP contribution in [0.2, 0.25) is 5.02 Å². The van der Waals surface area contributed by atoms with E-state index in [1.807, 2.05) is 70.2 Å². The summed E-state index contributed by atoms with van der Waals surface area (Å²) in [5.41, 5.74) is 6.42. The van der Waals surface area contributed by atoms with Crippen molar-refractivity contribution in [2.75, 3.05) is 7.11 Å². The Kier molecular flexibility index (Phi) is 15.0. The van der Waals surface area contributed by atoms with E-state index in [0.717, 1.165) is 22.3 Å². The van der Waals surface area contributed by atoms with Gasteiger partial charge in [-0.25, -0.2) is 0 Å². The van der Waals surface area contributed by atoms with Gasteiger partial charge in [-0.05, 0) is 135 Å². The zero-order valence-corrected chi connectivity index (χ0v) is 34.6. The fourth-order valence-electron chi connectivity index (χ4n) is 5.97. The second kappa shape index (κ2) is 20.5. The molecule has 7 aromatic rings. The van der Waals surface area contributed by atoms with Crippen molar-refractivity contribution in [1.82, 2.24) is 0 Å². The first-order valence-corrected chi connectivity index (χ1v) is 19.4. The molecule has 0 unspecified atom stereocenters. The van der Waals surface area contributed by atoms with E-state index in [9.17, 15) is 29.7 Å². The van der Waals surface area contributed by atoms with Crippen molar-refractivity contribution in [1.29, 1.82) is 0 Å². The summed E-state index contributed by atoms with van der Waals surface area (Å²) in [5.74, 6) is 0.557. The van der Waals surface area contributed by atoms with Gasteiger partial charge in [0, 0.05) is 27.8 Å². The van der Waals surface area contributed by atoms with Crippen LogP contribution in [0.1, 0.15) is 72.7 Å². The summed E-state index contributed by atoms with van der Waals surface area (Å²) in [4.78, 5) is 36.9. The lowest BCUT2D eigenvalue weighted by atomic mass is 9.99. The van der Waals surface area contributed by atoms with E-state index in [1.165, 1.54) is 6.07 Å². The first-order valence-electron chi connectivity index (χ1n) is 19.0. The molecular formula is C51H45ClO8. The number of phenolic OH excluding ortho intramolecular Hbond substituents is 3. The van der Waals surface area contributed by atoms with Gasteiger partial charge in [0.1, 0.15) is 28.7 Å². The topological polar surface area (TPSA) is 130 Å². The molecule has 0 radical (unpaired) electrons. The summed E-state index contributed by atoms with van der Waals surface area (Å²) in [5, 5.41) is 30.3.